The quantitative estimate of drug-likeness (QED) is 0.863. The second kappa shape index (κ2) is 5.02. The zero-order chi connectivity index (χ0) is 14.3. The fourth-order valence-electron chi connectivity index (χ4n) is 3.67. The topological polar surface area (TPSA) is 75.4 Å². The molecule has 0 aromatic heterocycles. The van der Waals surface area contributed by atoms with Crippen LogP contribution in [-0.4, -0.2) is 34.1 Å². The molecule has 0 amide bonds. The maximum atomic E-state index is 11.3. The molecule has 3 N–H and O–H groups in total. The predicted molar refractivity (Wildman–Crippen MR) is 79.1 cm³/mol. The first kappa shape index (κ1) is 13.9. The van der Waals surface area contributed by atoms with Crippen molar-refractivity contribution in [2.45, 2.75) is 24.3 Å². The lowest BCUT2D eigenvalue weighted by atomic mass is 9.93. The number of hydrogen-bond donors (Lipinski definition) is 2. The number of benzene rings is 1. The summed E-state index contributed by atoms with van der Waals surface area (Å²) in [6.45, 7) is 5.45. The van der Waals surface area contributed by atoms with E-state index in [9.17, 15) is 8.42 Å². The van der Waals surface area contributed by atoms with Crippen LogP contribution in [0.25, 0.3) is 0 Å². The van der Waals surface area contributed by atoms with Crippen LogP contribution in [0.4, 0.5) is 5.69 Å². The van der Waals surface area contributed by atoms with Crippen LogP contribution in [0.3, 0.4) is 0 Å². The molecule has 2 heterocycles. The average Bonchev–Trinajstić information content (AvgIpc) is 2.97. The molecule has 0 aliphatic carbocycles. The number of rotatable bonds is 3. The fraction of sp³-hybridized carbons (Fsp3) is 0.571. The molecule has 2 fully saturated rings. The van der Waals surface area contributed by atoms with Gasteiger partial charge in [-0.1, -0.05) is 6.92 Å². The van der Waals surface area contributed by atoms with E-state index in [1.807, 2.05) is 12.1 Å². The minimum Gasteiger partial charge on any atom is -0.368 e. The van der Waals surface area contributed by atoms with E-state index in [2.05, 4.69) is 17.1 Å². The van der Waals surface area contributed by atoms with Crippen molar-refractivity contribution in [3.63, 3.8) is 0 Å². The molecule has 0 radical (unpaired) electrons. The van der Waals surface area contributed by atoms with E-state index in [0.29, 0.717) is 17.9 Å². The number of primary sulfonamides is 1. The number of nitrogens with zero attached hydrogens (tertiary/aromatic N) is 1. The van der Waals surface area contributed by atoms with Gasteiger partial charge < -0.3 is 10.2 Å². The molecule has 2 aliphatic rings. The molecule has 3 atom stereocenters. The van der Waals surface area contributed by atoms with Crippen LogP contribution in [0, 0.1) is 11.8 Å². The minimum absolute atomic E-state index is 0.176. The smallest absolute Gasteiger partial charge is 0.238 e. The third kappa shape index (κ3) is 2.32. The van der Waals surface area contributed by atoms with Crippen molar-refractivity contribution in [1.29, 1.82) is 0 Å². The third-order valence-electron chi connectivity index (χ3n) is 4.63. The van der Waals surface area contributed by atoms with E-state index >= 15 is 0 Å². The largest absolute Gasteiger partial charge is 0.368 e. The number of nitrogens with two attached hydrogens (primary N) is 1. The molecule has 3 unspecified atom stereocenters. The van der Waals surface area contributed by atoms with Gasteiger partial charge in [-0.3, -0.25) is 0 Å². The Morgan fingerprint density at radius 1 is 1.30 bits per heavy atom. The summed E-state index contributed by atoms with van der Waals surface area (Å²) in [5.74, 6) is 1.41. The predicted octanol–water partition coefficient (Wildman–Crippen LogP) is 0.768. The van der Waals surface area contributed by atoms with E-state index in [4.69, 9.17) is 5.14 Å². The fourth-order valence-corrected chi connectivity index (χ4v) is 4.19. The SMILES string of the molecule is CCC1C2CNCC2CN1c1ccc(S(N)(=O)=O)cc1. The van der Waals surface area contributed by atoms with Crippen molar-refractivity contribution in [1.82, 2.24) is 5.32 Å². The Balaban J connectivity index is 1.86. The summed E-state index contributed by atoms with van der Waals surface area (Å²) in [4.78, 5) is 2.60. The first-order valence-corrected chi connectivity index (χ1v) is 8.65. The van der Waals surface area contributed by atoms with Crippen molar-refractivity contribution in [3.05, 3.63) is 24.3 Å². The van der Waals surface area contributed by atoms with E-state index in [1.54, 1.807) is 12.1 Å². The van der Waals surface area contributed by atoms with E-state index in [1.165, 1.54) is 0 Å². The average molecular weight is 295 g/mol. The highest BCUT2D eigenvalue weighted by Crippen LogP contribution is 2.37. The normalized spacial score (nSPS) is 29.7. The summed E-state index contributed by atoms with van der Waals surface area (Å²) < 4.78 is 22.6. The van der Waals surface area contributed by atoms with Crippen LogP contribution in [-0.2, 0) is 10.0 Å². The maximum Gasteiger partial charge on any atom is 0.238 e. The number of anilines is 1. The molecule has 2 saturated heterocycles. The molecule has 0 saturated carbocycles. The van der Waals surface area contributed by atoms with E-state index in [0.717, 1.165) is 31.7 Å². The van der Waals surface area contributed by atoms with Gasteiger partial charge in [0.05, 0.1) is 4.90 Å². The zero-order valence-corrected chi connectivity index (χ0v) is 12.4. The first-order valence-electron chi connectivity index (χ1n) is 7.11. The molecule has 1 aromatic carbocycles. The molecule has 20 heavy (non-hydrogen) atoms. The Bertz CT molecular complexity index is 585. The number of sulfonamides is 1. The molecule has 5 nitrogen and oxygen atoms in total. The van der Waals surface area contributed by atoms with Gasteiger partial charge in [-0.15, -0.1) is 0 Å². The standard InChI is InChI=1S/C14H21N3O2S/c1-2-14-13-8-16-7-10(13)9-17(14)11-3-5-12(6-4-11)20(15,18)19/h3-6,10,13-14,16H,2,7-9H2,1H3,(H2,15,18,19). The van der Waals surface area contributed by atoms with Crippen LogP contribution < -0.4 is 15.4 Å². The Labute approximate surface area is 120 Å². The zero-order valence-electron chi connectivity index (χ0n) is 11.6. The Kier molecular flexibility index (Phi) is 3.48. The third-order valence-corrected chi connectivity index (χ3v) is 5.56. The maximum absolute atomic E-state index is 11.3. The van der Waals surface area contributed by atoms with Gasteiger partial charge in [0.15, 0.2) is 0 Å². The highest BCUT2D eigenvalue weighted by molar-refractivity contribution is 7.89. The van der Waals surface area contributed by atoms with Gasteiger partial charge in [0, 0.05) is 31.4 Å². The summed E-state index contributed by atoms with van der Waals surface area (Å²) >= 11 is 0. The van der Waals surface area contributed by atoms with E-state index < -0.39 is 10.0 Å². The summed E-state index contributed by atoms with van der Waals surface area (Å²) in [6.07, 6.45) is 1.11. The monoisotopic (exact) mass is 295 g/mol. The lowest BCUT2D eigenvalue weighted by Gasteiger charge is -2.29. The molecule has 0 spiro atoms. The van der Waals surface area contributed by atoms with Crippen molar-refractivity contribution in [2.24, 2.45) is 17.0 Å². The van der Waals surface area contributed by atoms with Gasteiger partial charge in [0.1, 0.15) is 0 Å². The summed E-state index contributed by atoms with van der Waals surface area (Å²) in [6, 6.07) is 7.48. The van der Waals surface area contributed by atoms with Crippen molar-refractivity contribution in [3.8, 4) is 0 Å². The first-order chi connectivity index (χ1) is 9.50. The molecule has 2 aliphatic heterocycles. The van der Waals surface area contributed by atoms with Crippen molar-refractivity contribution in [2.75, 3.05) is 24.5 Å². The summed E-state index contributed by atoms with van der Waals surface area (Å²) in [5.41, 5.74) is 1.10. The second-order valence-electron chi connectivity index (χ2n) is 5.75. The number of fused-ring (bicyclic) bond motifs is 1. The molecule has 6 heteroatoms. The van der Waals surface area contributed by atoms with Crippen molar-refractivity contribution >= 4 is 15.7 Å². The molecule has 110 valence electrons. The highest BCUT2D eigenvalue weighted by atomic mass is 32.2. The van der Waals surface area contributed by atoms with Crippen LogP contribution in [0.1, 0.15) is 13.3 Å². The number of nitrogens with one attached hydrogen (secondary N) is 1. The lowest BCUT2D eigenvalue weighted by molar-refractivity contribution is 0.442. The Hall–Kier alpha value is -1.11. The van der Waals surface area contributed by atoms with Crippen LogP contribution >= 0.6 is 0 Å². The van der Waals surface area contributed by atoms with Crippen molar-refractivity contribution < 1.29 is 8.42 Å². The number of hydrogen-bond acceptors (Lipinski definition) is 4. The van der Waals surface area contributed by atoms with Crippen LogP contribution in [0.15, 0.2) is 29.2 Å². The highest BCUT2D eigenvalue weighted by Gasteiger charge is 2.43. The molecule has 1 aromatic rings. The molecular formula is C14H21N3O2S. The van der Waals surface area contributed by atoms with Gasteiger partial charge in [0.2, 0.25) is 10.0 Å². The van der Waals surface area contributed by atoms with E-state index in [-0.39, 0.29) is 4.90 Å². The summed E-state index contributed by atoms with van der Waals surface area (Å²) in [5, 5.41) is 8.61. The molecule has 0 bridgehead atoms. The van der Waals surface area contributed by atoms with Gasteiger partial charge >= 0.3 is 0 Å². The summed E-state index contributed by atoms with van der Waals surface area (Å²) in [7, 11) is -3.61. The Morgan fingerprint density at radius 2 is 2.00 bits per heavy atom. The molecular weight excluding hydrogens is 274 g/mol. The lowest BCUT2D eigenvalue weighted by Crippen LogP contribution is -2.35. The Morgan fingerprint density at radius 3 is 2.60 bits per heavy atom. The van der Waals surface area contributed by atoms with Crippen LogP contribution in [0.5, 0.6) is 0 Å². The van der Waals surface area contributed by atoms with Crippen LogP contribution in [0.2, 0.25) is 0 Å². The van der Waals surface area contributed by atoms with Gasteiger partial charge in [-0.25, -0.2) is 13.6 Å². The molecule has 3 rings (SSSR count). The van der Waals surface area contributed by atoms with Gasteiger partial charge in [-0.05, 0) is 42.5 Å². The van der Waals surface area contributed by atoms with Gasteiger partial charge in [0.25, 0.3) is 0 Å². The van der Waals surface area contributed by atoms with Gasteiger partial charge in [-0.2, -0.15) is 0 Å². The second-order valence-corrected chi connectivity index (χ2v) is 7.31. The minimum atomic E-state index is -3.61.